The SMILES string of the molecule is CCCCCCCCCCCCCCONc1ccccc1.CCCC[P+](C)(CCCC)CCCC.[Br-]. The summed E-state index contributed by atoms with van der Waals surface area (Å²) in [4.78, 5) is 5.46. The molecule has 4 heteroatoms. The van der Waals surface area contributed by atoms with Gasteiger partial charge in [-0.15, -0.1) is 0 Å². The van der Waals surface area contributed by atoms with Crippen LogP contribution in [-0.4, -0.2) is 31.8 Å². The summed E-state index contributed by atoms with van der Waals surface area (Å²) in [5.74, 6) is 0. The van der Waals surface area contributed by atoms with Gasteiger partial charge in [-0.1, -0.05) is 136 Å². The fourth-order valence-electron chi connectivity index (χ4n) is 4.61. The minimum Gasteiger partial charge on any atom is -1.00 e. The molecule has 0 aromatic heterocycles. The first-order valence-electron chi connectivity index (χ1n) is 15.9. The molecule has 1 rings (SSSR count). The van der Waals surface area contributed by atoms with Gasteiger partial charge in [0.05, 0.1) is 30.8 Å². The highest BCUT2D eigenvalue weighted by Crippen LogP contribution is 2.57. The van der Waals surface area contributed by atoms with E-state index in [9.17, 15) is 0 Å². The highest BCUT2D eigenvalue weighted by atomic mass is 79.9. The third kappa shape index (κ3) is 27.3. The van der Waals surface area contributed by atoms with Gasteiger partial charge in [-0.2, -0.15) is 0 Å². The third-order valence-corrected chi connectivity index (χ3v) is 11.4. The van der Waals surface area contributed by atoms with Crippen molar-refractivity contribution in [2.45, 2.75) is 143 Å². The van der Waals surface area contributed by atoms with E-state index >= 15 is 0 Å². The van der Waals surface area contributed by atoms with E-state index in [2.05, 4.69) is 39.8 Å². The van der Waals surface area contributed by atoms with Crippen molar-refractivity contribution >= 4 is 12.9 Å². The Kier molecular flexibility index (Phi) is 32.1. The maximum Gasteiger partial charge on any atom is 0.0746 e. The molecule has 37 heavy (non-hydrogen) atoms. The largest absolute Gasteiger partial charge is 1.00 e. The van der Waals surface area contributed by atoms with E-state index in [1.807, 2.05) is 30.3 Å². The molecule has 1 aromatic carbocycles. The molecule has 1 aromatic rings. The predicted octanol–water partition coefficient (Wildman–Crippen LogP) is 8.77. The number of anilines is 1. The number of halogens is 1. The van der Waals surface area contributed by atoms with Gasteiger partial charge in [-0.25, -0.2) is 0 Å². The smallest absolute Gasteiger partial charge is 0.0746 e. The second-order valence-corrected chi connectivity index (χ2v) is 15.6. The van der Waals surface area contributed by atoms with E-state index in [0.29, 0.717) is 0 Å². The van der Waals surface area contributed by atoms with Gasteiger partial charge in [0, 0.05) is 13.9 Å². The molecule has 0 aliphatic carbocycles. The Bertz CT molecular complexity index is 521. The standard InChI is InChI=1S/C20H35NO.C13H30P.BrH/c1-2-3-4-5-6-7-8-9-10-11-12-16-19-22-21-20-17-14-13-15-18-20;1-5-8-11-14(4,12-9-6-2)13-10-7-3;/h13-15,17-18,21H,2-12,16,19H2,1H3;5-13H2,1-4H3;1H/q;+1;/p-1. The Balaban J connectivity index is 0. The second kappa shape index (κ2) is 30.4. The van der Waals surface area contributed by atoms with Gasteiger partial charge in [-0.05, 0) is 37.8 Å². The van der Waals surface area contributed by atoms with Crippen LogP contribution in [0.25, 0.3) is 0 Å². The topological polar surface area (TPSA) is 21.3 Å². The minimum absolute atomic E-state index is 0. The quantitative estimate of drug-likeness (QED) is 0.0726. The summed E-state index contributed by atoms with van der Waals surface area (Å²) >= 11 is 0. The van der Waals surface area contributed by atoms with Crippen LogP contribution in [0.4, 0.5) is 5.69 Å². The van der Waals surface area contributed by atoms with Gasteiger partial charge in [0.1, 0.15) is 0 Å². The van der Waals surface area contributed by atoms with Crippen LogP contribution in [-0.2, 0) is 4.84 Å². The number of hydrogen-bond donors (Lipinski definition) is 1. The van der Waals surface area contributed by atoms with Crippen molar-refractivity contribution in [3.8, 4) is 0 Å². The van der Waals surface area contributed by atoms with Crippen LogP contribution < -0.4 is 22.5 Å². The molecular weight excluding hydrogens is 537 g/mol. The molecule has 0 amide bonds. The molecule has 2 nitrogen and oxygen atoms in total. The van der Waals surface area contributed by atoms with Gasteiger partial charge in [0.25, 0.3) is 0 Å². The lowest BCUT2D eigenvalue weighted by atomic mass is 10.1. The summed E-state index contributed by atoms with van der Waals surface area (Å²) < 4.78 is 0. The lowest BCUT2D eigenvalue weighted by Gasteiger charge is -2.22. The zero-order valence-corrected chi connectivity index (χ0v) is 28.2. The summed E-state index contributed by atoms with van der Waals surface area (Å²) in [7, 11) is -0.519. The first kappa shape index (κ1) is 39.0. The molecule has 0 unspecified atom stereocenters. The fourth-order valence-corrected chi connectivity index (χ4v) is 8.52. The Morgan fingerprint density at radius 3 is 1.32 bits per heavy atom. The lowest BCUT2D eigenvalue weighted by molar-refractivity contribution is -0.00000857. The Hall–Kier alpha value is -0.110. The zero-order valence-electron chi connectivity index (χ0n) is 25.7. The van der Waals surface area contributed by atoms with Crippen LogP contribution in [0.3, 0.4) is 0 Å². The normalized spacial score (nSPS) is 10.9. The van der Waals surface area contributed by atoms with Crippen LogP contribution in [0.1, 0.15) is 143 Å². The highest BCUT2D eigenvalue weighted by molar-refractivity contribution is 7.75. The average Bonchev–Trinajstić information content (AvgIpc) is 2.91. The van der Waals surface area contributed by atoms with Gasteiger partial charge >= 0.3 is 0 Å². The number of rotatable bonds is 24. The monoisotopic (exact) mass is 601 g/mol. The van der Waals surface area contributed by atoms with E-state index in [4.69, 9.17) is 4.84 Å². The summed E-state index contributed by atoms with van der Waals surface area (Å²) in [6.45, 7) is 12.7. The molecule has 0 atom stereocenters. The lowest BCUT2D eigenvalue weighted by Crippen LogP contribution is -3.00. The molecule has 0 spiro atoms. The number of para-hydroxylation sites is 1. The van der Waals surface area contributed by atoms with E-state index in [0.717, 1.165) is 18.7 Å². The van der Waals surface area contributed by atoms with E-state index < -0.39 is 7.26 Å². The summed E-state index contributed by atoms with van der Waals surface area (Å²) in [6, 6.07) is 10.1. The van der Waals surface area contributed by atoms with Crippen molar-refractivity contribution in [1.82, 2.24) is 0 Å². The van der Waals surface area contributed by atoms with Gasteiger partial charge < -0.3 is 17.0 Å². The van der Waals surface area contributed by atoms with Crippen LogP contribution >= 0.6 is 7.26 Å². The van der Waals surface area contributed by atoms with Crippen molar-refractivity contribution in [1.29, 1.82) is 0 Å². The van der Waals surface area contributed by atoms with Gasteiger partial charge in [0.15, 0.2) is 0 Å². The number of unbranched alkanes of at least 4 members (excludes halogenated alkanes) is 14. The molecule has 0 fully saturated rings. The first-order chi connectivity index (χ1) is 17.6. The van der Waals surface area contributed by atoms with Crippen LogP contribution in [0.2, 0.25) is 0 Å². The predicted molar refractivity (Wildman–Crippen MR) is 169 cm³/mol. The molecule has 0 saturated heterocycles. The molecule has 0 saturated carbocycles. The maximum atomic E-state index is 5.46. The molecule has 0 bridgehead atoms. The van der Waals surface area contributed by atoms with Gasteiger partial charge in [0.2, 0.25) is 0 Å². The molecule has 0 aliphatic rings. The minimum atomic E-state index is -0.519. The molecule has 0 aliphatic heterocycles. The molecular formula is C33H65BrNOP. The highest BCUT2D eigenvalue weighted by Gasteiger charge is 2.28. The molecule has 1 N–H and O–H groups in total. The van der Waals surface area contributed by atoms with Crippen molar-refractivity contribution < 1.29 is 21.8 Å². The molecule has 0 heterocycles. The van der Waals surface area contributed by atoms with Crippen LogP contribution in [0.15, 0.2) is 30.3 Å². The summed E-state index contributed by atoms with van der Waals surface area (Å²) in [5, 5.41) is 0. The third-order valence-electron chi connectivity index (χ3n) is 7.22. The van der Waals surface area contributed by atoms with Crippen molar-refractivity contribution in [3.05, 3.63) is 30.3 Å². The van der Waals surface area contributed by atoms with Crippen molar-refractivity contribution in [2.24, 2.45) is 0 Å². The molecule has 220 valence electrons. The second-order valence-electron chi connectivity index (χ2n) is 11.1. The maximum absolute atomic E-state index is 5.46. The molecule has 0 radical (unpaired) electrons. The fraction of sp³-hybridized carbons (Fsp3) is 0.818. The average molecular weight is 603 g/mol. The first-order valence-corrected chi connectivity index (χ1v) is 18.7. The van der Waals surface area contributed by atoms with Crippen LogP contribution in [0, 0.1) is 0 Å². The van der Waals surface area contributed by atoms with E-state index in [1.54, 1.807) is 18.5 Å². The number of nitrogens with one attached hydrogen (secondary N) is 1. The van der Waals surface area contributed by atoms with Crippen molar-refractivity contribution in [3.63, 3.8) is 0 Å². The van der Waals surface area contributed by atoms with Gasteiger partial charge in [-0.3, -0.25) is 10.3 Å². The number of hydrogen-bond acceptors (Lipinski definition) is 2. The Morgan fingerprint density at radius 2 is 0.919 bits per heavy atom. The zero-order chi connectivity index (χ0) is 26.6. The summed E-state index contributed by atoms with van der Waals surface area (Å²) in [6.07, 6.45) is 29.8. The Labute approximate surface area is 245 Å². The van der Waals surface area contributed by atoms with Crippen LogP contribution in [0.5, 0.6) is 0 Å². The van der Waals surface area contributed by atoms with E-state index in [1.165, 1.54) is 109 Å². The Morgan fingerprint density at radius 1 is 0.541 bits per heavy atom. The van der Waals surface area contributed by atoms with Crippen molar-refractivity contribution in [2.75, 3.05) is 37.2 Å². The number of benzene rings is 1. The van der Waals surface area contributed by atoms with E-state index in [-0.39, 0.29) is 17.0 Å². The summed E-state index contributed by atoms with van der Waals surface area (Å²) in [5.41, 5.74) is 4.01.